The van der Waals surface area contributed by atoms with Crippen LogP contribution in [0.2, 0.25) is 0 Å². The zero-order chi connectivity index (χ0) is 26.6. The van der Waals surface area contributed by atoms with E-state index in [0.29, 0.717) is 25.9 Å². The van der Waals surface area contributed by atoms with Gasteiger partial charge in [-0.25, -0.2) is 4.39 Å². The SMILES string of the molecule is C[C@]12CCC(=O)C=C1CC[C@H]1[C@@H]3C[C@@H](OCCOC4CCCCO4)[C@](O)(C(=O)CO)[C@@]3(C)C[C@H](O)[C@@]12F. The second-order valence-corrected chi connectivity index (χ2v) is 12.2. The molecule has 0 amide bonds. The van der Waals surface area contributed by atoms with E-state index in [0.717, 1.165) is 24.8 Å². The van der Waals surface area contributed by atoms with E-state index in [1.807, 2.05) is 6.92 Å². The number of aliphatic hydroxyl groups is 3. The molecule has 9 heteroatoms. The molecule has 4 fully saturated rings. The third kappa shape index (κ3) is 3.91. The van der Waals surface area contributed by atoms with Crippen LogP contribution in [-0.2, 0) is 23.8 Å². The first kappa shape index (κ1) is 27.3. The average molecular weight is 525 g/mol. The molecule has 0 bridgehead atoms. The topological polar surface area (TPSA) is 123 Å². The highest BCUT2D eigenvalue weighted by atomic mass is 19.1. The Morgan fingerprint density at radius 3 is 2.62 bits per heavy atom. The summed E-state index contributed by atoms with van der Waals surface area (Å²) in [5.41, 5.74) is -5.50. The van der Waals surface area contributed by atoms with Crippen LogP contribution in [-0.4, -0.2) is 83.1 Å². The predicted octanol–water partition coefficient (Wildman–Crippen LogP) is 2.41. The minimum absolute atomic E-state index is 0.0113. The van der Waals surface area contributed by atoms with Crippen LogP contribution < -0.4 is 0 Å². The molecule has 37 heavy (non-hydrogen) atoms. The first-order chi connectivity index (χ1) is 17.5. The molecule has 1 aliphatic heterocycles. The number of hydrogen-bond acceptors (Lipinski definition) is 8. The Hall–Kier alpha value is -1.23. The molecule has 3 saturated carbocycles. The second-order valence-electron chi connectivity index (χ2n) is 12.2. The van der Waals surface area contributed by atoms with Crippen molar-refractivity contribution < 1.29 is 43.5 Å². The Kier molecular flexibility index (Phi) is 7.21. The first-order valence-electron chi connectivity index (χ1n) is 13.8. The minimum Gasteiger partial charge on any atom is -0.390 e. The van der Waals surface area contributed by atoms with E-state index >= 15 is 4.39 Å². The second kappa shape index (κ2) is 9.75. The first-order valence-corrected chi connectivity index (χ1v) is 13.8. The Balaban J connectivity index is 1.41. The zero-order valence-corrected chi connectivity index (χ0v) is 21.9. The third-order valence-corrected chi connectivity index (χ3v) is 10.6. The molecule has 4 aliphatic carbocycles. The molecule has 3 N–H and O–H groups in total. The highest BCUT2D eigenvalue weighted by Gasteiger charge is 2.76. The standard InChI is InChI=1S/C28H41FO8/c1-25-9-8-18(31)13-17(25)6-7-19-20-14-23(35-11-12-37-24-5-3-4-10-36-24)28(34,22(33)16-30)26(20,2)15-21(32)27(19,25)29/h13,19-21,23-24,30,32,34H,3-12,14-16H2,1-2H3/t19-,20-,21-,23+,24?,25-,26-,27-,28+/m0/s1. The molecule has 5 aliphatic rings. The summed E-state index contributed by atoms with van der Waals surface area (Å²) in [6.07, 6.45) is 3.27. The fourth-order valence-corrected chi connectivity index (χ4v) is 8.58. The summed E-state index contributed by atoms with van der Waals surface area (Å²) in [4.78, 5) is 25.2. The number of ketones is 2. The van der Waals surface area contributed by atoms with E-state index in [9.17, 15) is 24.9 Å². The van der Waals surface area contributed by atoms with E-state index in [-0.39, 0.29) is 44.5 Å². The molecule has 1 heterocycles. The van der Waals surface area contributed by atoms with Gasteiger partial charge in [-0.3, -0.25) is 9.59 Å². The van der Waals surface area contributed by atoms with Gasteiger partial charge in [0.05, 0.1) is 25.4 Å². The summed E-state index contributed by atoms with van der Waals surface area (Å²) < 4.78 is 34.7. The van der Waals surface area contributed by atoms with Crippen LogP contribution in [0.15, 0.2) is 11.6 Å². The van der Waals surface area contributed by atoms with Gasteiger partial charge in [0.15, 0.2) is 23.5 Å². The molecule has 8 nitrogen and oxygen atoms in total. The van der Waals surface area contributed by atoms with Crippen molar-refractivity contribution in [1.29, 1.82) is 0 Å². The fourth-order valence-electron chi connectivity index (χ4n) is 8.58. The molecule has 1 unspecified atom stereocenters. The summed E-state index contributed by atoms with van der Waals surface area (Å²) in [6, 6.07) is 0. The number of Topliss-reactive ketones (excluding diaryl/α,β-unsaturated/α-hetero) is 1. The maximum atomic E-state index is 17.3. The highest BCUT2D eigenvalue weighted by molar-refractivity contribution is 5.92. The molecule has 0 aromatic carbocycles. The zero-order valence-electron chi connectivity index (χ0n) is 21.9. The minimum atomic E-state index is -2.07. The highest BCUT2D eigenvalue weighted by Crippen LogP contribution is 2.70. The van der Waals surface area contributed by atoms with Crippen LogP contribution in [0.4, 0.5) is 4.39 Å². The normalized spacial score (nSPS) is 47.6. The third-order valence-electron chi connectivity index (χ3n) is 10.6. The van der Waals surface area contributed by atoms with Gasteiger partial charge in [0.2, 0.25) is 0 Å². The maximum Gasteiger partial charge on any atom is 0.192 e. The van der Waals surface area contributed by atoms with E-state index in [4.69, 9.17) is 14.2 Å². The maximum absolute atomic E-state index is 17.3. The van der Waals surface area contributed by atoms with Crippen LogP contribution in [0.25, 0.3) is 0 Å². The lowest BCUT2D eigenvalue weighted by Crippen LogP contribution is -2.70. The molecule has 5 rings (SSSR count). The number of hydrogen-bond donors (Lipinski definition) is 3. The quantitative estimate of drug-likeness (QED) is 0.434. The average Bonchev–Trinajstić information content (AvgIpc) is 3.10. The Morgan fingerprint density at radius 1 is 1.16 bits per heavy atom. The summed E-state index contributed by atoms with van der Waals surface area (Å²) in [5.74, 6) is -1.87. The van der Waals surface area contributed by atoms with Crippen molar-refractivity contribution in [1.82, 2.24) is 0 Å². The molecule has 1 saturated heterocycles. The Labute approximate surface area is 217 Å². The van der Waals surface area contributed by atoms with Crippen LogP contribution in [0.1, 0.15) is 71.6 Å². The number of aliphatic hydroxyl groups excluding tert-OH is 2. The Morgan fingerprint density at radius 2 is 1.92 bits per heavy atom. The number of fused-ring (bicyclic) bond motifs is 5. The molecule has 9 atom stereocenters. The van der Waals surface area contributed by atoms with Crippen molar-refractivity contribution >= 4 is 11.6 Å². The molecule has 208 valence electrons. The van der Waals surface area contributed by atoms with Crippen molar-refractivity contribution in [2.75, 3.05) is 26.4 Å². The van der Waals surface area contributed by atoms with Crippen molar-refractivity contribution in [2.24, 2.45) is 22.7 Å². The number of carbonyl (C=O) groups excluding carboxylic acids is 2. The summed E-state index contributed by atoms with van der Waals surface area (Å²) in [7, 11) is 0. The van der Waals surface area contributed by atoms with Crippen molar-refractivity contribution in [3.63, 3.8) is 0 Å². The smallest absolute Gasteiger partial charge is 0.192 e. The van der Waals surface area contributed by atoms with Gasteiger partial charge in [-0.2, -0.15) is 0 Å². The number of carbonyl (C=O) groups is 2. The predicted molar refractivity (Wildman–Crippen MR) is 130 cm³/mol. The summed E-state index contributed by atoms with van der Waals surface area (Å²) in [5, 5.41) is 33.2. The Bertz CT molecular complexity index is 948. The molecule has 0 aromatic heterocycles. The van der Waals surface area contributed by atoms with E-state index in [1.165, 1.54) is 0 Å². The largest absolute Gasteiger partial charge is 0.390 e. The van der Waals surface area contributed by atoms with E-state index in [2.05, 4.69) is 0 Å². The molecule has 0 radical (unpaired) electrons. The van der Waals surface area contributed by atoms with Gasteiger partial charge >= 0.3 is 0 Å². The summed E-state index contributed by atoms with van der Waals surface area (Å²) in [6.45, 7) is 3.63. The number of halogens is 1. The van der Waals surface area contributed by atoms with E-state index in [1.54, 1.807) is 13.0 Å². The van der Waals surface area contributed by atoms with Gasteiger partial charge in [0.1, 0.15) is 12.3 Å². The van der Waals surface area contributed by atoms with Crippen LogP contribution in [0.3, 0.4) is 0 Å². The van der Waals surface area contributed by atoms with Gasteiger partial charge in [-0.05, 0) is 63.4 Å². The van der Waals surface area contributed by atoms with Crippen LogP contribution in [0.5, 0.6) is 0 Å². The fraction of sp³-hybridized carbons (Fsp3) is 0.857. The van der Waals surface area contributed by atoms with Gasteiger partial charge < -0.3 is 29.5 Å². The molecular weight excluding hydrogens is 483 g/mol. The van der Waals surface area contributed by atoms with Crippen LogP contribution in [0, 0.1) is 22.7 Å². The lowest BCUT2D eigenvalue weighted by Gasteiger charge is -2.63. The molecule has 0 spiro atoms. The van der Waals surface area contributed by atoms with Crippen molar-refractivity contribution in [2.45, 2.75) is 101 Å². The van der Waals surface area contributed by atoms with Gasteiger partial charge in [-0.1, -0.05) is 19.4 Å². The number of allylic oxidation sites excluding steroid dienone is 1. The summed E-state index contributed by atoms with van der Waals surface area (Å²) >= 11 is 0. The molecule has 0 aromatic rings. The molecular formula is C28H41FO8. The van der Waals surface area contributed by atoms with Gasteiger partial charge in [0, 0.05) is 29.8 Å². The number of ether oxygens (including phenoxy) is 3. The monoisotopic (exact) mass is 524 g/mol. The lowest BCUT2D eigenvalue weighted by atomic mass is 9.44. The lowest BCUT2D eigenvalue weighted by molar-refractivity contribution is -0.233. The van der Waals surface area contributed by atoms with Crippen molar-refractivity contribution in [3.05, 3.63) is 11.6 Å². The number of alkyl halides is 1. The van der Waals surface area contributed by atoms with Gasteiger partial charge in [0.25, 0.3) is 0 Å². The number of rotatable bonds is 7. The van der Waals surface area contributed by atoms with Gasteiger partial charge in [-0.15, -0.1) is 0 Å². The van der Waals surface area contributed by atoms with Crippen LogP contribution >= 0.6 is 0 Å². The van der Waals surface area contributed by atoms with E-state index < -0.39 is 58.5 Å². The van der Waals surface area contributed by atoms with Crippen molar-refractivity contribution in [3.8, 4) is 0 Å².